The van der Waals surface area contributed by atoms with E-state index in [-0.39, 0.29) is 0 Å². The molecule has 82 valence electrons. The van der Waals surface area contributed by atoms with Crippen LogP contribution in [0.25, 0.3) is 0 Å². The molecule has 1 heterocycles. The zero-order chi connectivity index (χ0) is 10.7. The van der Waals surface area contributed by atoms with Crippen LogP contribution in [0.3, 0.4) is 0 Å². The molecule has 0 saturated carbocycles. The van der Waals surface area contributed by atoms with E-state index in [0.717, 1.165) is 6.54 Å². The molecule has 1 fully saturated rings. The Balaban J connectivity index is 2.14. The van der Waals surface area contributed by atoms with Gasteiger partial charge in [-0.3, -0.25) is 0 Å². The predicted molar refractivity (Wildman–Crippen MR) is 65.4 cm³/mol. The highest BCUT2D eigenvalue weighted by Crippen LogP contribution is 2.21. The minimum Gasteiger partial charge on any atom is -0.366 e. The fourth-order valence-corrected chi connectivity index (χ4v) is 2.32. The van der Waals surface area contributed by atoms with Crippen molar-refractivity contribution in [3.63, 3.8) is 0 Å². The summed E-state index contributed by atoms with van der Waals surface area (Å²) in [5.41, 5.74) is 1.37. The highest BCUT2D eigenvalue weighted by Gasteiger charge is 2.23. The van der Waals surface area contributed by atoms with Gasteiger partial charge in [0.25, 0.3) is 0 Å². The van der Waals surface area contributed by atoms with Crippen LogP contribution in [0.15, 0.2) is 30.3 Å². The van der Waals surface area contributed by atoms with Crippen LogP contribution >= 0.6 is 0 Å². The van der Waals surface area contributed by atoms with E-state index < -0.39 is 0 Å². The summed E-state index contributed by atoms with van der Waals surface area (Å²) in [5.74, 6) is 0. The molecule has 2 rings (SSSR count). The van der Waals surface area contributed by atoms with Gasteiger partial charge in [0, 0.05) is 31.4 Å². The summed E-state index contributed by atoms with van der Waals surface area (Å²) >= 11 is 0. The fraction of sp³-hybridized carbons (Fsp3) is 0.538. The topological polar surface area (TPSA) is 6.48 Å². The van der Waals surface area contributed by atoms with Crippen molar-refractivity contribution in [3.05, 3.63) is 30.3 Å². The van der Waals surface area contributed by atoms with Gasteiger partial charge in [-0.1, -0.05) is 25.1 Å². The molecule has 0 bridgehead atoms. The van der Waals surface area contributed by atoms with E-state index in [1.807, 2.05) is 0 Å². The van der Waals surface area contributed by atoms with Crippen molar-refractivity contribution >= 4 is 5.69 Å². The minimum atomic E-state index is 0.672. The Hall–Kier alpha value is -1.02. The second-order valence-electron chi connectivity index (χ2n) is 4.35. The van der Waals surface area contributed by atoms with E-state index >= 15 is 0 Å². The van der Waals surface area contributed by atoms with Crippen LogP contribution in [0, 0.1) is 0 Å². The average Bonchev–Trinajstić information content (AvgIpc) is 2.30. The lowest BCUT2D eigenvalue weighted by atomic mass is 10.1. The highest BCUT2D eigenvalue weighted by molar-refractivity contribution is 5.47. The van der Waals surface area contributed by atoms with Crippen molar-refractivity contribution < 1.29 is 0 Å². The van der Waals surface area contributed by atoms with Crippen LogP contribution < -0.4 is 4.90 Å². The molecule has 15 heavy (non-hydrogen) atoms. The first-order chi connectivity index (χ1) is 7.31. The maximum atomic E-state index is 2.54. The number of likely N-dealkylation sites (N-methyl/N-ethyl adjacent to an activating group) is 1. The Morgan fingerprint density at radius 3 is 2.60 bits per heavy atom. The third kappa shape index (κ3) is 2.32. The number of para-hydroxylation sites is 1. The lowest BCUT2D eigenvalue weighted by molar-refractivity contribution is 0.264. The summed E-state index contributed by atoms with van der Waals surface area (Å²) in [7, 11) is 2.21. The van der Waals surface area contributed by atoms with Crippen LogP contribution in [-0.4, -0.2) is 37.6 Å². The van der Waals surface area contributed by atoms with Crippen LogP contribution in [0.4, 0.5) is 5.69 Å². The van der Waals surface area contributed by atoms with Crippen molar-refractivity contribution in [1.82, 2.24) is 4.90 Å². The summed E-state index contributed by atoms with van der Waals surface area (Å²) in [5, 5.41) is 0. The van der Waals surface area contributed by atoms with Crippen LogP contribution in [0.5, 0.6) is 0 Å². The molecule has 1 aromatic rings. The van der Waals surface area contributed by atoms with Crippen LogP contribution in [0.2, 0.25) is 0 Å². The van der Waals surface area contributed by atoms with Gasteiger partial charge in [0.1, 0.15) is 0 Å². The summed E-state index contributed by atoms with van der Waals surface area (Å²) in [6.45, 7) is 5.79. The molecule has 0 aliphatic carbocycles. The number of anilines is 1. The predicted octanol–water partition coefficient (Wildman–Crippen LogP) is 2.22. The fourth-order valence-electron chi connectivity index (χ4n) is 2.32. The molecular weight excluding hydrogens is 184 g/mol. The molecule has 1 aromatic carbocycles. The first-order valence-corrected chi connectivity index (χ1v) is 5.81. The van der Waals surface area contributed by atoms with Crippen LogP contribution in [-0.2, 0) is 0 Å². The Labute approximate surface area is 92.5 Å². The molecule has 0 N–H and O–H groups in total. The van der Waals surface area contributed by atoms with Gasteiger partial charge in [0.15, 0.2) is 0 Å². The molecule has 0 spiro atoms. The van der Waals surface area contributed by atoms with E-state index in [4.69, 9.17) is 0 Å². The quantitative estimate of drug-likeness (QED) is 0.729. The molecule has 2 heteroatoms. The van der Waals surface area contributed by atoms with E-state index in [0.29, 0.717) is 6.04 Å². The maximum Gasteiger partial charge on any atom is 0.0414 e. The van der Waals surface area contributed by atoms with Crippen molar-refractivity contribution in [3.8, 4) is 0 Å². The molecular formula is C13H20N2. The van der Waals surface area contributed by atoms with Gasteiger partial charge in [-0.15, -0.1) is 0 Å². The van der Waals surface area contributed by atoms with E-state index in [1.54, 1.807) is 0 Å². The van der Waals surface area contributed by atoms with Gasteiger partial charge in [-0.2, -0.15) is 0 Å². The number of hydrogen-bond acceptors (Lipinski definition) is 2. The zero-order valence-electron chi connectivity index (χ0n) is 9.69. The van der Waals surface area contributed by atoms with E-state index in [9.17, 15) is 0 Å². The van der Waals surface area contributed by atoms with Gasteiger partial charge >= 0.3 is 0 Å². The first-order valence-electron chi connectivity index (χ1n) is 5.81. The lowest BCUT2D eigenvalue weighted by Gasteiger charge is -2.41. The maximum absolute atomic E-state index is 2.54. The van der Waals surface area contributed by atoms with E-state index in [2.05, 4.69) is 54.1 Å². The lowest BCUT2D eigenvalue weighted by Crippen LogP contribution is -2.51. The SMILES string of the molecule is CCC1CN(C)CCN1c1ccccc1. The van der Waals surface area contributed by atoms with Crippen molar-refractivity contribution in [2.75, 3.05) is 31.6 Å². The van der Waals surface area contributed by atoms with Crippen molar-refractivity contribution in [1.29, 1.82) is 0 Å². The molecule has 1 aliphatic rings. The largest absolute Gasteiger partial charge is 0.366 e. The van der Waals surface area contributed by atoms with Crippen molar-refractivity contribution in [2.45, 2.75) is 19.4 Å². The Bertz CT molecular complexity index is 297. The Kier molecular flexibility index (Phi) is 3.27. The van der Waals surface area contributed by atoms with Gasteiger partial charge in [-0.05, 0) is 25.6 Å². The number of benzene rings is 1. The molecule has 0 amide bonds. The summed E-state index contributed by atoms with van der Waals surface area (Å²) < 4.78 is 0. The molecule has 1 aliphatic heterocycles. The molecule has 1 saturated heterocycles. The molecule has 0 radical (unpaired) electrons. The average molecular weight is 204 g/mol. The Morgan fingerprint density at radius 2 is 1.93 bits per heavy atom. The molecule has 1 unspecified atom stereocenters. The molecule has 2 nitrogen and oxygen atoms in total. The number of hydrogen-bond donors (Lipinski definition) is 0. The van der Waals surface area contributed by atoms with Gasteiger partial charge in [-0.25, -0.2) is 0 Å². The monoisotopic (exact) mass is 204 g/mol. The first kappa shape index (κ1) is 10.5. The number of rotatable bonds is 2. The normalized spacial score (nSPS) is 23.1. The van der Waals surface area contributed by atoms with Gasteiger partial charge in [0.05, 0.1) is 0 Å². The smallest absolute Gasteiger partial charge is 0.0414 e. The summed E-state index contributed by atoms with van der Waals surface area (Å²) in [6, 6.07) is 11.4. The third-order valence-corrected chi connectivity index (χ3v) is 3.24. The minimum absolute atomic E-state index is 0.672. The van der Waals surface area contributed by atoms with Crippen molar-refractivity contribution in [2.24, 2.45) is 0 Å². The highest BCUT2D eigenvalue weighted by atomic mass is 15.3. The number of piperazine rings is 1. The summed E-state index contributed by atoms with van der Waals surface area (Å²) in [4.78, 5) is 4.97. The van der Waals surface area contributed by atoms with Crippen LogP contribution in [0.1, 0.15) is 13.3 Å². The van der Waals surface area contributed by atoms with Gasteiger partial charge in [0.2, 0.25) is 0 Å². The molecule has 0 aromatic heterocycles. The number of nitrogens with zero attached hydrogens (tertiary/aromatic N) is 2. The summed E-state index contributed by atoms with van der Waals surface area (Å²) in [6.07, 6.45) is 1.22. The third-order valence-electron chi connectivity index (χ3n) is 3.24. The van der Waals surface area contributed by atoms with E-state index in [1.165, 1.54) is 25.2 Å². The molecule has 1 atom stereocenters. The van der Waals surface area contributed by atoms with Gasteiger partial charge < -0.3 is 9.80 Å². The Morgan fingerprint density at radius 1 is 1.20 bits per heavy atom. The standard InChI is InChI=1S/C13H20N2/c1-3-12-11-14(2)9-10-15(12)13-7-5-4-6-8-13/h4-8,12H,3,9-11H2,1-2H3. The second kappa shape index (κ2) is 4.67. The second-order valence-corrected chi connectivity index (χ2v) is 4.35. The zero-order valence-corrected chi connectivity index (χ0v) is 9.69.